The fraction of sp³-hybridized carbons (Fsp3) is 0.179. The van der Waals surface area contributed by atoms with Crippen LogP contribution in [0, 0.1) is 17.0 Å². The molecule has 0 atom stereocenters. The molecule has 4 aromatic rings. The Morgan fingerprint density at radius 3 is 2.56 bits per heavy atom. The fourth-order valence-electron chi connectivity index (χ4n) is 4.63. The van der Waals surface area contributed by atoms with Crippen molar-refractivity contribution in [2.24, 2.45) is 0 Å². The van der Waals surface area contributed by atoms with Crippen LogP contribution in [0.15, 0.2) is 83.9 Å². The first kappa shape index (κ1) is 26.0. The predicted molar refractivity (Wildman–Crippen MR) is 145 cm³/mol. The van der Waals surface area contributed by atoms with Crippen LogP contribution < -0.4 is 9.62 Å². The number of fused-ring (bicyclic) bond motifs is 1. The molecule has 0 aliphatic carbocycles. The number of amides is 1. The molecule has 2 heterocycles. The van der Waals surface area contributed by atoms with Gasteiger partial charge in [0, 0.05) is 31.8 Å². The van der Waals surface area contributed by atoms with Gasteiger partial charge >= 0.3 is 0 Å². The van der Waals surface area contributed by atoms with Gasteiger partial charge < -0.3 is 4.90 Å². The van der Waals surface area contributed by atoms with Gasteiger partial charge in [0.25, 0.3) is 21.6 Å². The molecular weight excluding hydrogens is 518 g/mol. The molecule has 0 spiro atoms. The van der Waals surface area contributed by atoms with Crippen molar-refractivity contribution in [2.75, 3.05) is 11.4 Å². The maximum Gasteiger partial charge on any atom is 0.289 e. The van der Waals surface area contributed by atoms with Crippen molar-refractivity contribution in [1.29, 1.82) is 0 Å². The van der Waals surface area contributed by atoms with Crippen molar-refractivity contribution >= 4 is 27.6 Å². The van der Waals surface area contributed by atoms with Crippen LogP contribution in [-0.2, 0) is 29.4 Å². The molecule has 0 saturated heterocycles. The van der Waals surface area contributed by atoms with Gasteiger partial charge in [-0.2, -0.15) is 0 Å². The average molecular weight is 544 g/mol. The summed E-state index contributed by atoms with van der Waals surface area (Å²) >= 11 is 0. The summed E-state index contributed by atoms with van der Waals surface area (Å²) < 4.78 is 28.0. The molecule has 0 unspecified atom stereocenters. The van der Waals surface area contributed by atoms with E-state index in [2.05, 4.69) is 17.1 Å². The largest absolute Gasteiger partial charge is 0.336 e. The van der Waals surface area contributed by atoms with Crippen molar-refractivity contribution in [3.63, 3.8) is 0 Å². The highest BCUT2D eigenvalue weighted by Gasteiger charge is 2.29. The van der Waals surface area contributed by atoms with E-state index in [-0.39, 0.29) is 12.0 Å². The number of nitrogens with one attached hydrogen (secondary N) is 1. The molecule has 0 saturated carbocycles. The van der Waals surface area contributed by atoms with E-state index in [4.69, 9.17) is 4.98 Å². The summed E-state index contributed by atoms with van der Waals surface area (Å²) in [7, 11) is -4.55. The lowest BCUT2D eigenvalue weighted by Gasteiger charge is -2.29. The summed E-state index contributed by atoms with van der Waals surface area (Å²) in [6.45, 7) is 3.25. The summed E-state index contributed by atoms with van der Waals surface area (Å²) in [6, 6.07) is 20.7. The standard InChI is InChI=1S/C28H25N5O5S/c1-19-7-6-8-20(15-19)16-24-23(27(34)31-39(37,38)26-12-5-4-11-25(26)33(35)36)17-29-28(30-24)32-14-13-21-9-2-3-10-22(21)18-32/h2-12,15,17H,13-14,16,18H2,1H3,(H,31,34). The highest BCUT2D eigenvalue weighted by molar-refractivity contribution is 7.90. The molecule has 5 rings (SSSR count). The number of nitrogens with zero attached hydrogens (tertiary/aromatic N) is 4. The Labute approximate surface area is 225 Å². The Morgan fingerprint density at radius 2 is 1.79 bits per heavy atom. The summed E-state index contributed by atoms with van der Waals surface area (Å²) in [5.74, 6) is -0.531. The van der Waals surface area contributed by atoms with Crippen molar-refractivity contribution in [1.82, 2.24) is 14.7 Å². The van der Waals surface area contributed by atoms with Gasteiger partial charge in [0.05, 0.1) is 16.2 Å². The number of nitro benzene ring substituents is 1. The molecule has 1 aliphatic heterocycles. The third kappa shape index (κ3) is 5.63. The van der Waals surface area contributed by atoms with E-state index in [0.717, 1.165) is 29.7 Å². The number of sulfonamides is 1. The second kappa shape index (κ2) is 10.6. The predicted octanol–water partition coefficient (Wildman–Crippen LogP) is 3.97. The molecule has 1 amide bonds. The van der Waals surface area contributed by atoms with Crippen LogP contribution in [0.5, 0.6) is 0 Å². The number of carbonyl (C=O) groups is 1. The minimum Gasteiger partial charge on any atom is -0.336 e. The second-order valence-electron chi connectivity index (χ2n) is 9.30. The molecule has 0 bridgehead atoms. The molecule has 3 aromatic carbocycles. The van der Waals surface area contributed by atoms with Gasteiger partial charge in [0.1, 0.15) is 0 Å². The second-order valence-corrected chi connectivity index (χ2v) is 10.9. The smallest absolute Gasteiger partial charge is 0.289 e. The maximum absolute atomic E-state index is 13.3. The molecule has 0 radical (unpaired) electrons. The van der Waals surface area contributed by atoms with Gasteiger partial charge in [-0.1, -0.05) is 66.2 Å². The first-order valence-electron chi connectivity index (χ1n) is 12.2. The van der Waals surface area contributed by atoms with E-state index in [1.54, 1.807) is 0 Å². The van der Waals surface area contributed by atoms with E-state index in [9.17, 15) is 23.3 Å². The number of para-hydroxylation sites is 1. The Kier molecular flexibility index (Phi) is 7.07. The van der Waals surface area contributed by atoms with E-state index < -0.39 is 31.4 Å². The molecule has 1 aromatic heterocycles. The number of aryl methyl sites for hydroxylation is 1. The number of anilines is 1. The number of aromatic nitrogens is 2. The van der Waals surface area contributed by atoms with Gasteiger partial charge in [0.2, 0.25) is 5.95 Å². The van der Waals surface area contributed by atoms with Gasteiger partial charge in [-0.25, -0.2) is 23.1 Å². The monoisotopic (exact) mass is 543 g/mol. The van der Waals surface area contributed by atoms with Crippen LogP contribution in [0.4, 0.5) is 11.6 Å². The minimum atomic E-state index is -4.55. The van der Waals surface area contributed by atoms with Gasteiger partial charge in [0.15, 0.2) is 4.90 Å². The van der Waals surface area contributed by atoms with Crippen molar-refractivity contribution in [2.45, 2.75) is 31.2 Å². The number of hydrogen-bond acceptors (Lipinski definition) is 8. The SMILES string of the molecule is Cc1cccc(Cc2nc(N3CCc4ccccc4C3)ncc2C(=O)NS(=O)(=O)c2ccccc2[N+](=O)[O-])c1. The Morgan fingerprint density at radius 1 is 1.05 bits per heavy atom. The van der Waals surface area contributed by atoms with Crippen LogP contribution in [-0.4, -0.2) is 35.8 Å². The van der Waals surface area contributed by atoms with Crippen molar-refractivity contribution in [3.8, 4) is 0 Å². The van der Waals surface area contributed by atoms with Crippen molar-refractivity contribution < 1.29 is 18.1 Å². The minimum absolute atomic E-state index is 0.0279. The van der Waals surface area contributed by atoms with Gasteiger partial charge in [-0.05, 0) is 36.1 Å². The van der Waals surface area contributed by atoms with Crippen LogP contribution >= 0.6 is 0 Å². The molecule has 1 aliphatic rings. The molecule has 0 fully saturated rings. The lowest BCUT2D eigenvalue weighted by Crippen LogP contribution is -2.34. The van der Waals surface area contributed by atoms with Crippen LogP contribution in [0.1, 0.15) is 38.3 Å². The lowest BCUT2D eigenvalue weighted by atomic mass is 10.0. The van der Waals surface area contributed by atoms with Crippen LogP contribution in [0.3, 0.4) is 0 Å². The van der Waals surface area contributed by atoms with Gasteiger partial charge in [-0.3, -0.25) is 14.9 Å². The number of benzene rings is 3. The third-order valence-electron chi connectivity index (χ3n) is 6.55. The zero-order valence-corrected chi connectivity index (χ0v) is 21.9. The highest BCUT2D eigenvalue weighted by Crippen LogP contribution is 2.25. The topological polar surface area (TPSA) is 135 Å². The van der Waals surface area contributed by atoms with Crippen molar-refractivity contribution in [3.05, 3.63) is 123 Å². The van der Waals surface area contributed by atoms with Crippen LogP contribution in [0.25, 0.3) is 0 Å². The number of nitro groups is 1. The lowest BCUT2D eigenvalue weighted by molar-refractivity contribution is -0.387. The zero-order chi connectivity index (χ0) is 27.6. The van der Waals surface area contributed by atoms with E-state index in [0.29, 0.717) is 24.7 Å². The molecule has 10 nitrogen and oxygen atoms in total. The first-order chi connectivity index (χ1) is 18.7. The average Bonchev–Trinajstić information content (AvgIpc) is 2.92. The quantitative estimate of drug-likeness (QED) is 0.273. The van der Waals surface area contributed by atoms with E-state index >= 15 is 0 Å². The summed E-state index contributed by atoms with van der Waals surface area (Å²) in [6.07, 6.45) is 2.40. The maximum atomic E-state index is 13.3. The molecular formula is C28H25N5O5S. The van der Waals surface area contributed by atoms with Gasteiger partial charge in [-0.15, -0.1) is 0 Å². The molecule has 198 valence electrons. The first-order valence-corrected chi connectivity index (χ1v) is 13.7. The Bertz CT molecular complexity index is 1690. The fourth-order valence-corrected chi connectivity index (χ4v) is 5.77. The summed E-state index contributed by atoms with van der Waals surface area (Å²) in [5, 5.41) is 11.4. The summed E-state index contributed by atoms with van der Waals surface area (Å²) in [5.41, 5.74) is 4.04. The third-order valence-corrected chi connectivity index (χ3v) is 7.92. The number of hydrogen-bond donors (Lipinski definition) is 1. The number of rotatable bonds is 7. The highest BCUT2D eigenvalue weighted by atomic mass is 32.2. The summed E-state index contributed by atoms with van der Waals surface area (Å²) in [4.78, 5) is 34.4. The van der Waals surface area contributed by atoms with E-state index in [1.807, 2.05) is 52.9 Å². The normalized spacial score (nSPS) is 13.0. The number of carbonyl (C=O) groups excluding carboxylic acids is 1. The Hall–Kier alpha value is -4.64. The zero-order valence-electron chi connectivity index (χ0n) is 21.1. The van der Waals surface area contributed by atoms with Crippen LogP contribution in [0.2, 0.25) is 0 Å². The molecule has 11 heteroatoms. The molecule has 39 heavy (non-hydrogen) atoms. The molecule has 1 N–H and O–H groups in total. The Balaban J connectivity index is 1.49. The van der Waals surface area contributed by atoms with E-state index in [1.165, 1.54) is 29.5 Å².